The summed E-state index contributed by atoms with van der Waals surface area (Å²) in [7, 11) is 0. The monoisotopic (exact) mass is 481 g/mol. The third kappa shape index (κ3) is 4.05. The molecule has 1 amide bonds. The zero-order chi connectivity index (χ0) is 25.6. The van der Waals surface area contributed by atoms with Crippen LogP contribution in [0, 0.1) is 13.8 Å². The first-order chi connectivity index (χ1) is 17.2. The first-order valence-electron chi connectivity index (χ1n) is 11.4. The third-order valence-corrected chi connectivity index (χ3v) is 6.02. The summed E-state index contributed by atoms with van der Waals surface area (Å²) in [6, 6.07) is 19.9. The second kappa shape index (κ2) is 8.85. The number of aliphatic hydroxyl groups excluding tert-OH is 1. The molecule has 0 aliphatic carbocycles. The van der Waals surface area contributed by atoms with Gasteiger partial charge in [-0.2, -0.15) is 0 Å². The van der Waals surface area contributed by atoms with Crippen molar-refractivity contribution < 1.29 is 28.6 Å². The van der Waals surface area contributed by atoms with E-state index >= 15 is 0 Å². The number of para-hydroxylation sites is 1. The number of fused-ring (bicyclic) bond motifs is 1. The van der Waals surface area contributed by atoms with Gasteiger partial charge in [0.15, 0.2) is 11.5 Å². The molecule has 0 saturated heterocycles. The van der Waals surface area contributed by atoms with Crippen molar-refractivity contribution >= 4 is 34.3 Å². The topological polar surface area (TPSA) is 97.0 Å². The van der Waals surface area contributed by atoms with Crippen LogP contribution in [0.15, 0.2) is 88.5 Å². The Morgan fingerprint density at radius 1 is 0.944 bits per heavy atom. The van der Waals surface area contributed by atoms with Crippen LogP contribution in [-0.4, -0.2) is 22.8 Å². The number of rotatable bonds is 5. The lowest BCUT2D eigenvalue weighted by atomic mass is 9.94. The van der Waals surface area contributed by atoms with Crippen LogP contribution in [0.5, 0.6) is 5.75 Å². The molecule has 0 fully saturated rings. The largest absolute Gasteiger partial charge is 0.503 e. The zero-order valence-electron chi connectivity index (χ0n) is 19.9. The minimum Gasteiger partial charge on any atom is -0.503 e. The summed E-state index contributed by atoms with van der Waals surface area (Å²) in [5.74, 6) is -2.20. The maximum Gasteiger partial charge on any atom is 0.308 e. The highest BCUT2D eigenvalue weighted by Crippen LogP contribution is 2.43. The predicted octanol–water partition coefficient (Wildman–Crippen LogP) is 5.76. The quantitative estimate of drug-likeness (QED) is 0.221. The van der Waals surface area contributed by atoms with Crippen molar-refractivity contribution in [1.29, 1.82) is 0 Å². The van der Waals surface area contributed by atoms with Gasteiger partial charge in [-0.15, -0.1) is 0 Å². The van der Waals surface area contributed by atoms with E-state index in [1.165, 1.54) is 11.8 Å². The van der Waals surface area contributed by atoms with Crippen molar-refractivity contribution in [2.24, 2.45) is 0 Å². The van der Waals surface area contributed by atoms with E-state index < -0.39 is 29.5 Å². The molecular weight excluding hydrogens is 458 g/mol. The molecule has 1 atom stereocenters. The number of ether oxygens (including phenoxy) is 1. The minimum absolute atomic E-state index is 0.00830. The van der Waals surface area contributed by atoms with Crippen LogP contribution in [0.4, 0.5) is 5.69 Å². The van der Waals surface area contributed by atoms with Gasteiger partial charge >= 0.3 is 5.97 Å². The summed E-state index contributed by atoms with van der Waals surface area (Å²) in [5.41, 5.74) is 3.26. The van der Waals surface area contributed by atoms with Gasteiger partial charge in [0.1, 0.15) is 11.3 Å². The van der Waals surface area contributed by atoms with Crippen LogP contribution < -0.4 is 9.64 Å². The molecule has 7 heteroatoms. The lowest BCUT2D eigenvalue weighted by Gasteiger charge is -2.27. The molecule has 0 spiro atoms. The third-order valence-electron chi connectivity index (χ3n) is 6.02. The fraction of sp³-hybridized carbons (Fsp3) is 0.138. The SMILES string of the molecule is CC(=O)Oc1cccc(C2C(C(=O)c3cc4ccccc4o3)=C(O)C(=O)N2c2cc(C)cc(C)c2)c1. The molecule has 1 unspecified atom stereocenters. The molecule has 1 aliphatic rings. The molecule has 3 aromatic carbocycles. The van der Waals surface area contributed by atoms with Gasteiger partial charge < -0.3 is 14.3 Å². The molecule has 7 nitrogen and oxygen atoms in total. The smallest absolute Gasteiger partial charge is 0.308 e. The fourth-order valence-electron chi connectivity index (χ4n) is 4.65. The molecule has 5 rings (SSSR count). The first-order valence-corrected chi connectivity index (χ1v) is 11.4. The Morgan fingerprint density at radius 3 is 2.36 bits per heavy atom. The Morgan fingerprint density at radius 2 is 1.67 bits per heavy atom. The van der Waals surface area contributed by atoms with Gasteiger partial charge in [-0.3, -0.25) is 19.3 Å². The number of aryl methyl sites for hydroxylation is 2. The standard InChI is InChI=1S/C29H23NO6/c1-16-11-17(2)13-21(12-16)30-26(20-8-6-9-22(14-20)35-18(3)31)25(28(33)29(30)34)27(32)24-15-19-7-4-5-10-23(19)36-24/h4-15,26,33H,1-3H3. The number of carbonyl (C=O) groups excluding carboxylic acids is 3. The van der Waals surface area contributed by atoms with Gasteiger partial charge in [0.2, 0.25) is 5.78 Å². The van der Waals surface area contributed by atoms with Crippen molar-refractivity contribution in [2.75, 3.05) is 4.90 Å². The molecule has 0 bridgehead atoms. The van der Waals surface area contributed by atoms with Gasteiger partial charge in [-0.25, -0.2) is 0 Å². The number of aliphatic hydroxyl groups is 1. The average Bonchev–Trinajstić information content (AvgIpc) is 3.37. The number of anilines is 1. The van der Waals surface area contributed by atoms with Crippen LogP contribution in [-0.2, 0) is 9.59 Å². The Kier molecular flexibility index (Phi) is 5.68. The second-order valence-electron chi connectivity index (χ2n) is 8.83. The van der Waals surface area contributed by atoms with Gasteiger partial charge in [0, 0.05) is 18.0 Å². The summed E-state index contributed by atoms with van der Waals surface area (Å²) >= 11 is 0. The molecule has 1 aliphatic heterocycles. The Balaban J connectivity index is 1.68. The van der Waals surface area contributed by atoms with Crippen molar-refractivity contribution in [3.8, 4) is 5.75 Å². The first kappa shape index (κ1) is 23.1. The highest BCUT2D eigenvalue weighted by Gasteiger charge is 2.45. The summed E-state index contributed by atoms with van der Waals surface area (Å²) in [6.07, 6.45) is 0. The van der Waals surface area contributed by atoms with E-state index in [1.54, 1.807) is 42.5 Å². The molecule has 0 radical (unpaired) electrons. The predicted molar refractivity (Wildman–Crippen MR) is 134 cm³/mol. The number of ketones is 1. The zero-order valence-corrected chi connectivity index (χ0v) is 19.9. The van der Waals surface area contributed by atoms with Gasteiger partial charge in [0.25, 0.3) is 5.91 Å². The maximum absolute atomic E-state index is 13.8. The average molecular weight is 482 g/mol. The second-order valence-corrected chi connectivity index (χ2v) is 8.83. The van der Waals surface area contributed by atoms with Crippen molar-refractivity contribution in [3.63, 3.8) is 0 Å². The van der Waals surface area contributed by atoms with Crippen molar-refractivity contribution in [2.45, 2.75) is 26.8 Å². The Bertz CT molecular complexity index is 1520. The molecule has 0 saturated carbocycles. The number of hydrogen-bond acceptors (Lipinski definition) is 6. The lowest BCUT2D eigenvalue weighted by molar-refractivity contribution is -0.131. The fourth-order valence-corrected chi connectivity index (χ4v) is 4.65. The number of esters is 1. The Labute approximate surface area is 207 Å². The summed E-state index contributed by atoms with van der Waals surface area (Å²) in [4.78, 5) is 40.1. The highest BCUT2D eigenvalue weighted by molar-refractivity contribution is 6.20. The summed E-state index contributed by atoms with van der Waals surface area (Å²) in [5, 5.41) is 11.7. The minimum atomic E-state index is -0.977. The van der Waals surface area contributed by atoms with E-state index in [4.69, 9.17) is 9.15 Å². The summed E-state index contributed by atoms with van der Waals surface area (Å²) in [6.45, 7) is 5.10. The van der Waals surface area contributed by atoms with E-state index in [-0.39, 0.29) is 17.1 Å². The van der Waals surface area contributed by atoms with E-state index in [0.717, 1.165) is 16.5 Å². The number of nitrogens with zero attached hydrogens (tertiary/aromatic N) is 1. The van der Waals surface area contributed by atoms with Crippen LogP contribution in [0.3, 0.4) is 0 Å². The molecule has 4 aromatic rings. The molecule has 36 heavy (non-hydrogen) atoms. The van der Waals surface area contributed by atoms with Gasteiger partial charge in [0.05, 0.1) is 11.6 Å². The van der Waals surface area contributed by atoms with Gasteiger partial charge in [-0.1, -0.05) is 36.4 Å². The molecule has 1 aromatic heterocycles. The maximum atomic E-state index is 13.8. The van der Waals surface area contributed by atoms with E-state index in [2.05, 4.69) is 0 Å². The van der Waals surface area contributed by atoms with Gasteiger partial charge in [-0.05, 0) is 66.9 Å². The molecular formula is C29H23NO6. The van der Waals surface area contributed by atoms with Crippen LogP contribution in [0.1, 0.15) is 40.2 Å². The van der Waals surface area contributed by atoms with Crippen LogP contribution in [0.2, 0.25) is 0 Å². The molecule has 1 N–H and O–H groups in total. The van der Waals surface area contributed by atoms with Crippen LogP contribution >= 0.6 is 0 Å². The number of carbonyl (C=O) groups is 3. The van der Waals surface area contributed by atoms with E-state index in [0.29, 0.717) is 16.8 Å². The van der Waals surface area contributed by atoms with E-state index in [1.807, 2.05) is 44.2 Å². The number of benzene rings is 3. The highest BCUT2D eigenvalue weighted by atomic mass is 16.5. The number of amides is 1. The van der Waals surface area contributed by atoms with Crippen LogP contribution in [0.25, 0.3) is 11.0 Å². The number of hydrogen-bond donors (Lipinski definition) is 1. The van der Waals surface area contributed by atoms with Crippen molar-refractivity contribution in [3.05, 3.63) is 107 Å². The number of Topliss-reactive ketones (excluding diaryl/α,β-unsaturated/α-hetero) is 1. The number of furan rings is 1. The van der Waals surface area contributed by atoms with E-state index in [9.17, 15) is 19.5 Å². The Hall–Kier alpha value is -4.65. The molecule has 180 valence electrons. The van der Waals surface area contributed by atoms with Crippen molar-refractivity contribution in [1.82, 2.24) is 0 Å². The summed E-state index contributed by atoms with van der Waals surface area (Å²) < 4.78 is 11.0. The molecule has 2 heterocycles. The lowest BCUT2D eigenvalue weighted by Crippen LogP contribution is -2.31. The normalized spacial score (nSPS) is 15.6.